The molecule has 1 N–H and O–H groups in total. The van der Waals surface area contributed by atoms with E-state index in [1.807, 2.05) is 0 Å². The summed E-state index contributed by atoms with van der Waals surface area (Å²) < 4.78 is 31.8. The smallest absolute Gasteiger partial charge is 0.252 e. The van der Waals surface area contributed by atoms with Gasteiger partial charge in [-0.3, -0.25) is 0 Å². The van der Waals surface area contributed by atoms with E-state index in [-0.39, 0.29) is 0 Å². The fraction of sp³-hybridized carbons (Fsp3) is 0.692. The van der Waals surface area contributed by atoms with E-state index in [2.05, 4.69) is 5.32 Å². The third-order valence-electron chi connectivity index (χ3n) is 3.58. The number of sulfonamides is 1. The SMILES string of the molecule is COCCNCC1CCN(S(=O)(=O)c2cccs2)CC1. The number of nitrogens with one attached hydrogen (secondary N) is 1. The van der Waals surface area contributed by atoms with Gasteiger partial charge >= 0.3 is 0 Å². The molecule has 5 nitrogen and oxygen atoms in total. The molecule has 0 aliphatic carbocycles. The highest BCUT2D eigenvalue weighted by Gasteiger charge is 2.29. The van der Waals surface area contributed by atoms with Gasteiger partial charge in [0, 0.05) is 26.7 Å². The average molecular weight is 318 g/mol. The van der Waals surface area contributed by atoms with E-state index in [0.717, 1.165) is 25.9 Å². The molecule has 0 aromatic carbocycles. The van der Waals surface area contributed by atoms with Gasteiger partial charge in [-0.25, -0.2) is 8.42 Å². The topological polar surface area (TPSA) is 58.6 Å². The number of hydrogen-bond acceptors (Lipinski definition) is 5. The lowest BCUT2D eigenvalue weighted by Gasteiger charge is -2.30. The van der Waals surface area contributed by atoms with E-state index >= 15 is 0 Å². The first-order valence-corrected chi connectivity index (χ1v) is 9.20. The molecule has 1 saturated heterocycles. The van der Waals surface area contributed by atoms with Crippen LogP contribution in [0.3, 0.4) is 0 Å². The highest BCUT2D eigenvalue weighted by atomic mass is 32.2. The van der Waals surface area contributed by atoms with E-state index in [9.17, 15) is 8.42 Å². The van der Waals surface area contributed by atoms with Crippen LogP contribution in [-0.2, 0) is 14.8 Å². The predicted octanol–water partition coefficient (Wildman–Crippen LogP) is 1.38. The predicted molar refractivity (Wildman–Crippen MR) is 80.5 cm³/mol. The van der Waals surface area contributed by atoms with Crippen molar-refractivity contribution in [1.29, 1.82) is 0 Å². The average Bonchev–Trinajstić information content (AvgIpc) is 2.99. The zero-order valence-corrected chi connectivity index (χ0v) is 13.4. The molecule has 2 rings (SSSR count). The molecule has 2 heterocycles. The Kier molecular flexibility index (Phi) is 5.98. The molecule has 1 aromatic heterocycles. The number of methoxy groups -OCH3 is 1. The molecule has 20 heavy (non-hydrogen) atoms. The lowest BCUT2D eigenvalue weighted by atomic mass is 9.98. The van der Waals surface area contributed by atoms with E-state index in [1.165, 1.54) is 11.3 Å². The van der Waals surface area contributed by atoms with Crippen molar-refractivity contribution in [3.8, 4) is 0 Å². The van der Waals surface area contributed by atoms with Crippen molar-refractivity contribution in [3.63, 3.8) is 0 Å². The van der Waals surface area contributed by atoms with E-state index in [1.54, 1.807) is 28.9 Å². The lowest BCUT2D eigenvalue weighted by molar-refractivity contribution is 0.194. The molecule has 1 aromatic rings. The molecule has 0 amide bonds. The minimum atomic E-state index is -3.26. The largest absolute Gasteiger partial charge is 0.383 e. The normalized spacial score (nSPS) is 18.4. The Morgan fingerprint density at radius 1 is 1.45 bits per heavy atom. The molecule has 1 fully saturated rings. The van der Waals surface area contributed by atoms with Crippen LogP contribution in [0, 0.1) is 5.92 Å². The number of ether oxygens (including phenoxy) is 1. The summed E-state index contributed by atoms with van der Waals surface area (Å²) in [6.45, 7) is 3.75. The summed E-state index contributed by atoms with van der Waals surface area (Å²) in [6.07, 6.45) is 1.84. The van der Waals surface area contributed by atoms with Gasteiger partial charge in [0.15, 0.2) is 0 Å². The Morgan fingerprint density at radius 3 is 2.80 bits per heavy atom. The molecule has 0 spiro atoms. The Hall–Kier alpha value is -0.470. The first-order valence-electron chi connectivity index (χ1n) is 6.88. The molecular formula is C13H22N2O3S2. The molecule has 0 bridgehead atoms. The number of nitrogens with zero attached hydrogens (tertiary/aromatic N) is 1. The van der Waals surface area contributed by atoms with Gasteiger partial charge < -0.3 is 10.1 Å². The zero-order valence-electron chi connectivity index (χ0n) is 11.7. The standard InChI is InChI=1S/C13H22N2O3S2/c1-18-9-6-14-11-12-4-7-15(8-5-12)20(16,17)13-3-2-10-19-13/h2-3,10,12,14H,4-9,11H2,1H3. The fourth-order valence-corrected chi connectivity index (χ4v) is 4.99. The molecular weight excluding hydrogens is 296 g/mol. The van der Waals surface area contributed by atoms with Crippen LogP contribution in [0.15, 0.2) is 21.7 Å². The number of piperidine rings is 1. The Bertz CT molecular complexity index is 480. The minimum absolute atomic E-state index is 0.453. The Morgan fingerprint density at radius 2 is 2.20 bits per heavy atom. The summed E-state index contributed by atoms with van der Waals surface area (Å²) in [4.78, 5) is 0. The molecule has 7 heteroatoms. The minimum Gasteiger partial charge on any atom is -0.383 e. The second kappa shape index (κ2) is 7.51. The molecule has 0 saturated carbocycles. The lowest BCUT2D eigenvalue weighted by Crippen LogP contribution is -2.40. The van der Waals surface area contributed by atoms with Crippen molar-refractivity contribution in [2.24, 2.45) is 5.92 Å². The van der Waals surface area contributed by atoms with Crippen LogP contribution in [-0.4, -0.2) is 52.6 Å². The van der Waals surface area contributed by atoms with Gasteiger partial charge in [0.2, 0.25) is 0 Å². The molecule has 1 aliphatic heterocycles. The highest BCUT2D eigenvalue weighted by molar-refractivity contribution is 7.91. The summed E-state index contributed by atoms with van der Waals surface area (Å²) in [5.74, 6) is 0.557. The first-order chi connectivity index (χ1) is 9.64. The van der Waals surface area contributed by atoms with Crippen LogP contribution in [0.4, 0.5) is 0 Å². The van der Waals surface area contributed by atoms with Crippen molar-refractivity contribution in [2.75, 3.05) is 39.9 Å². The molecule has 114 valence electrons. The zero-order chi connectivity index (χ0) is 14.4. The van der Waals surface area contributed by atoms with Gasteiger partial charge in [-0.1, -0.05) is 6.07 Å². The van der Waals surface area contributed by atoms with Gasteiger partial charge in [-0.2, -0.15) is 4.31 Å². The van der Waals surface area contributed by atoms with Gasteiger partial charge in [-0.15, -0.1) is 11.3 Å². The second-order valence-electron chi connectivity index (χ2n) is 4.98. The van der Waals surface area contributed by atoms with Gasteiger partial charge in [-0.05, 0) is 36.8 Å². The van der Waals surface area contributed by atoms with Crippen molar-refractivity contribution in [1.82, 2.24) is 9.62 Å². The number of hydrogen-bond donors (Lipinski definition) is 1. The van der Waals surface area contributed by atoms with E-state index in [0.29, 0.717) is 29.8 Å². The summed E-state index contributed by atoms with van der Waals surface area (Å²) in [5, 5.41) is 5.15. The van der Waals surface area contributed by atoms with E-state index in [4.69, 9.17) is 4.74 Å². The molecule has 0 unspecified atom stereocenters. The van der Waals surface area contributed by atoms with Crippen LogP contribution in [0.5, 0.6) is 0 Å². The van der Waals surface area contributed by atoms with E-state index < -0.39 is 10.0 Å². The van der Waals surface area contributed by atoms with Gasteiger partial charge in [0.25, 0.3) is 10.0 Å². The fourth-order valence-electron chi connectivity index (χ4n) is 2.37. The first kappa shape index (κ1) is 15.9. The highest BCUT2D eigenvalue weighted by Crippen LogP contribution is 2.25. The number of rotatable bonds is 7. The Balaban J connectivity index is 1.79. The number of thiophene rings is 1. The van der Waals surface area contributed by atoms with Gasteiger partial charge in [0.05, 0.1) is 6.61 Å². The molecule has 0 radical (unpaired) electrons. The van der Waals surface area contributed by atoms with Crippen molar-refractivity contribution >= 4 is 21.4 Å². The van der Waals surface area contributed by atoms with Crippen molar-refractivity contribution in [2.45, 2.75) is 17.1 Å². The third-order valence-corrected chi connectivity index (χ3v) is 6.85. The van der Waals surface area contributed by atoms with Crippen LogP contribution < -0.4 is 5.32 Å². The Labute approximate surface area is 125 Å². The van der Waals surface area contributed by atoms with Crippen LogP contribution in [0.25, 0.3) is 0 Å². The van der Waals surface area contributed by atoms with Crippen molar-refractivity contribution in [3.05, 3.63) is 17.5 Å². The molecule has 0 atom stereocenters. The summed E-state index contributed by atoms with van der Waals surface area (Å²) >= 11 is 1.29. The van der Waals surface area contributed by atoms with Crippen LogP contribution >= 0.6 is 11.3 Å². The summed E-state index contributed by atoms with van der Waals surface area (Å²) in [5.41, 5.74) is 0. The van der Waals surface area contributed by atoms with Crippen LogP contribution in [0.2, 0.25) is 0 Å². The maximum Gasteiger partial charge on any atom is 0.252 e. The monoisotopic (exact) mass is 318 g/mol. The van der Waals surface area contributed by atoms with Crippen LogP contribution in [0.1, 0.15) is 12.8 Å². The second-order valence-corrected chi connectivity index (χ2v) is 8.09. The summed E-state index contributed by atoms with van der Waals surface area (Å²) in [6, 6.07) is 3.46. The quantitative estimate of drug-likeness (QED) is 0.772. The van der Waals surface area contributed by atoms with Gasteiger partial charge in [0.1, 0.15) is 4.21 Å². The summed E-state index contributed by atoms with van der Waals surface area (Å²) in [7, 11) is -1.57. The maximum absolute atomic E-state index is 12.4. The third kappa shape index (κ3) is 4.02. The maximum atomic E-state index is 12.4. The van der Waals surface area contributed by atoms with Crippen molar-refractivity contribution < 1.29 is 13.2 Å². The molecule has 1 aliphatic rings.